The molecule has 0 amide bonds. The minimum Gasteiger partial charge on any atom is -0.328 e. The fourth-order valence-electron chi connectivity index (χ4n) is 0. The summed E-state index contributed by atoms with van der Waals surface area (Å²) in [5.41, 5.74) is 0. The summed E-state index contributed by atoms with van der Waals surface area (Å²) in [4.78, 5) is 8.36. The zero-order chi connectivity index (χ0) is 6.99. The Morgan fingerprint density at radius 1 is 2.00 bits per heavy atom. The van der Waals surface area contributed by atoms with Gasteiger partial charge in [-0.15, -0.1) is 10.1 Å². The Bertz CT molecular complexity index is 110. The standard InChI is InChI=1S/C3H3N.HNO3/c1-2-3-4;2-1(3)4/h2H,1H2;(H,2,3,4). The van der Waals surface area contributed by atoms with Crippen molar-refractivity contribution in [1.82, 2.24) is 0 Å². The molecule has 0 aromatic heterocycles. The van der Waals surface area contributed by atoms with Crippen molar-refractivity contribution in [2.75, 3.05) is 0 Å². The number of nitrogens with zero attached hydrogens (tertiary/aromatic N) is 2. The van der Waals surface area contributed by atoms with Crippen LogP contribution in [0.3, 0.4) is 0 Å². The molecule has 0 spiro atoms. The molecule has 0 aliphatic carbocycles. The van der Waals surface area contributed by atoms with Crippen molar-refractivity contribution in [3.8, 4) is 6.07 Å². The second-order valence-corrected chi connectivity index (χ2v) is 0.571. The van der Waals surface area contributed by atoms with Crippen molar-refractivity contribution in [2.24, 2.45) is 0 Å². The summed E-state index contributed by atoms with van der Waals surface area (Å²) in [6, 6.07) is 1.69. The van der Waals surface area contributed by atoms with E-state index in [9.17, 15) is 0 Å². The van der Waals surface area contributed by atoms with Crippen LogP contribution in [0.2, 0.25) is 0 Å². The van der Waals surface area contributed by atoms with Gasteiger partial charge in [0.15, 0.2) is 0 Å². The van der Waals surface area contributed by atoms with Gasteiger partial charge in [0.1, 0.15) is 0 Å². The van der Waals surface area contributed by atoms with Crippen molar-refractivity contribution in [2.45, 2.75) is 0 Å². The molecule has 0 unspecified atom stereocenters. The zero-order valence-electron chi connectivity index (χ0n) is 3.94. The molecule has 5 heteroatoms. The van der Waals surface area contributed by atoms with E-state index in [0.717, 1.165) is 0 Å². The van der Waals surface area contributed by atoms with E-state index >= 15 is 0 Å². The van der Waals surface area contributed by atoms with Crippen molar-refractivity contribution in [3.63, 3.8) is 0 Å². The van der Waals surface area contributed by atoms with Crippen LogP contribution in [0.4, 0.5) is 0 Å². The number of nitriles is 1. The molecule has 0 aliphatic rings. The molecule has 0 fully saturated rings. The predicted octanol–water partition coefficient (Wildman–Crippen LogP) is 0.348. The molecule has 44 valence electrons. The first kappa shape index (κ1) is 9.66. The highest BCUT2D eigenvalue weighted by molar-refractivity contribution is 4.93. The molecule has 0 radical (unpaired) electrons. The van der Waals surface area contributed by atoms with E-state index in [1.165, 1.54) is 6.08 Å². The molecule has 8 heavy (non-hydrogen) atoms. The van der Waals surface area contributed by atoms with Crippen LogP contribution in [-0.4, -0.2) is 10.3 Å². The average molecular weight is 116 g/mol. The van der Waals surface area contributed by atoms with Crippen LogP contribution >= 0.6 is 0 Å². The Morgan fingerprint density at radius 3 is 2.12 bits per heavy atom. The van der Waals surface area contributed by atoms with Crippen LogP contribution in [0.1, 0.15) is 0 Å². The second-order valence-electron chi connectivity index (χ2n) is 0.571. The molecule has 0 aromatic carbocycles. The lowest BCUT2D eigenvalue weighted by atomic mass is 10.8. The van der Waals surface area contributed by atoms with E-state index in [1.807, 2.05) is 0 Å². The predicted molar refractivity (Wildman–Crippen MR) is 24.6 cm³/mol. The highest BCUT2D eigenvalue weighted by Gasteiger charge is 1.65. The van der Waals surface area contributed by atoms with E-state index in [0.29, 0.717) is 0 Å². The monoisotopic (exact) mass is 116 g/mol. The van der Waals surface area contributed by atoms with Crippen LogP contribution in [0.15, 0.2) is 12.7 Å². The summed E-state index contributed by atoms with van der Waals surface area (Å²) in [5, 5.41) is 21.1. The zero-order valence-corrected chi connectivity index (χ0v) is 3.94. The van der Waals surface area contributed by atoms with Crippen molar-refractivity contribution in [3.05, 3.63) is 22.8 Å². The minimum atomic E-state index is -1.50. The van der Waals surface area contributed by atoms with Gasteiger partial charge in [-0.3, -0.25) is 0 Å². The number of hydrogen-bond acceptors (Lipinski definition) is 3. The maximum Gasteiger partial charge on any atom is 0.291 e. The Hall–Kier alpha value is -1.57. The van der Waals surface area contributed by atoms with Gasteiger partial charge in [-0.25, -0.2) is 0 Å². The maximum absolute atomic E-state index is 8.36. The largest absolute Gasteiger partial charge is 0.328 e. The lowest BCUT2D eigenvalue weighted by Gasteiger charge is -1.56. The fraction of sp³-hybridized carbons (Fsp3) is 0. The first-order valence-electron chi connectivity index (χ1n) is 1.49. The smallest absolute Gasteiger partial charge is 0.291 e. The van der Waals surface area contributed by atoms with Crippen molar-refractivity contribution >= 4 is 0 Å². The Labute approximate surface area is 45.6 Å². The highest BCUT2D eigenvalue weighted by atomic mass is 16.9. The SMILES string of the molecule is C=CC#N.O=[N+]([O-])O. The molecule has 0 aromatic rings. The molecule has 0 heterocycles. The van der Waals surface area contributed by atoms with E-state index in [1.54, 1.807) is 6.07 Å². The molecule has 0 saturated carbocycles. The van der Waals surface area contributed by atoms with E-state index in [4.69, 9.17) is 20.6 Å². The molecule has 0 atom stereocenters. The van der Waals surface area contributed by atoms with Gasteiger partial charge >= 0.3 is 0 Å². The summed E-state index contributed by atoms with van der Waals surface area (Å²) < 4.78 is 0. The maximum atomic E-state index is 8.36. The number of rotatable bonds is 0. The van der Waals surface area contributed by atoms with E-state index in [-0.39, 0.29) is 0 Å². The normalized spacial score (nSPS) is 4.88. The fourth-order valence-corrected chi connectivity index (χ4v) is 0. The van der Waals surface area contributed by atoms with Crippen LogP contribution in [-0.2, 0) is 0 Å². The van der Waals surface area contributed by atoms with Crippen LogP contribution in [0, 0.1) is 21.4 Å². The third-order valence-electron chi connectivity index (χ3n) is 0.0913. The lowest BCUT2D eigenvalue weighted by molar-refractivity contribution is -0.742. The van der Waals surface area contributed by atoms with Gasteiger partial charge in [0.2, 0.25) is 0 Å². The van der Waals surface area contributed by atoms with Crippen LogP contribution in [0.5, 0.6) is 0 Å². The van der Waals surface area contributed by atoms with Crippen LogP contribution < -0.4 is 0 Å². The summed E-state index contributed by atoms with van der Waals surface area (Å²) in [6.45, 7) is 3.12. The van der Waals surface area contributed by atoms with Crippen molar-refractivity contribution in [1.29, 1.82) is 5.26 Å². The first-order chi connectivity index (χ1) is 3.65. The average Bonchev–Trinajstić information content (AvgIpc) is 1.65. The second kappa shape index (κ2) is 9.06. The first-order valence-corrected chi connectivity index (χ1v) is 1.49. The highest BCUT2D eigenvalue weighted by Crippen LogP contribution is 1.41. The van der Waals surface area contributed by atoms with Gasteiger partial charge in [0.05, 0.1) is 6.07 Å². The molecule has 0 aliphatic heterocycles. The summed E-state index contributed by atoms with van der Waals surface area (Å²) in [6.07, 6.45) is 1.18. The van der Waals surface area contributed by atoms with Gasteiger partial charge in [0, 0.05) is 6.08 Å². The Kier molecular flexibility index (Phi) is 10.9. The van der Waals surface area contributed by atoms with Gasteiger partial charge in [-0.05, 0) is 0 Å². The molecule has 0 rings (SSSR count). The molecule has 0 bridgehead atoms. The van der Waals surface area contributed by atoms with Gasteiger partial charge in [-0.2, -0.15) is 5.26 Å². The molecular weight excluding hydrogens is 112 g/mol. The Morgan fingerprint density at radius 2 is 2.12 bits per heavy atom. The van der Waals surface area contributed by atoms with Gasteiger partial charge in [0.25, 0.3) is 5.09 Å². The summed E-state index contributed by atoms with van der Waals surface area (Å²) in [5.74, 6) is 0. The topological polar surface area (TPSA) is 87.2 Å². The van der Waals surface area contributed by atoms with Crippen LogP contribution in [0.25, 0.3) is 0 Å². The van der Waals surface area contributed by atoms with E-state index in [2.05, 4.69) is 6.58 Å². The quantitative estimate of drug-likeness (QED) is 0.281. The summed E-state index contributed by atoms with van der Waals surface area (Å²) in [7, 11) is 0. The molecule has 0 saturated heterocycles. The van der Waals surface area contributed by atoms with E-state index < -0.39 is 5.09 Å². The number of hydrogen-bond donors (Lipinski definition) is 1. The molecule has 5 nitrogen and oxygen atoms in total. The van der Waals surface area contributed by atoms with Gasteiger partial charge < -0.3 is 5.21 Å². The lowest BCUT2D eigenvalue weighted by Crippen LogP contribution is -1.81. The Balaban J connectivity index is 0. The number of allylic oxidation sites excluding steroid dienone is 1. The molecule has 1 N–H and O–H groups in total. The van der Waals surface area contributed by atoms with Crippen molar-refractivity contribution < 1.29 is 10.3 Å². The minimum absolute atomic E-state index is 1.18. The third kappa shape index (κ3) is 160. The third-order valence-corrected chi connectivity index (χ3v) is 0.0913. The summed E-state index contributed by atoms with van der Waals surface area (Å²) >= 11 is 0. The molecular formula is C3H4N2O3. The van der Waals surface area contributed by atoms with Gasteiger partial charge in [-0.1, -0.05) is 6.58 Å².